The summed E-state index contributed by atoms with van der Waals surface area (Å²) in [6.45, 7) is 0.0902. The Hall–Kier alpha value is -1.53. The van der Waals surface area contributed by atoms with Crippen molar-refractivity contribution in [1.82, 2.24) is 5.48 Å². The van der Waals surface area contributed by atoms with E-state index >= 15 is 0 Å². The van der Waals surface area contributed by atoms with Crippen molar-refractivity contribution in [2.75, 3.05) is 13.2 Å². The third-order valence-corrected chi connectivity index (χ3v) is 1.75. The SMILES string of the molecule is O=C(NOCCCO)c1ccc(F)c(F)c1. The molecule has 0 unspecified atom stereocenters. The number of benzene rings is 1. The molecule has 0 radical (unpaired) electrons. The number of hydroxylamine groups is 1. The van der Waals surface area contributed by atoms with E-state index in [0.717, 1.165) is 18.2 Å². The van der Waals surface area contributed by atoms with E-state index in [9.17, 15) is 13.6 Å². The molecule has 1 aromatic rings. The molecule has 0 saturated carbocycles. The zero-order valence-electron chi connectivity index (χ0n) is 8.37. The lowest BCUT2D eigenvalue weighted by Gasteiger charge is -2.05. The Morgan fingerprint density at radius 2 is 2.12 bits per heavy atom. The summed E-state index contributed by atoms with van der Waals surface area (Å²) >= 11 is 0. The molecule has 0 aliphatic carbocycles. The Morgan fingerprint density at radius 3 is 2.75 bits per heavy atom. The standard InChI is InChI=1S/C10H11F2NO3/c11-8-3-2-7(6-9(8)12)10(15)13-16-5-1-4-14/h2-3,6,14H,1,4-5H2,(H,13,15). The fourth-order valence-electron chi connectivity index (χ4n) is 0.950. The largest absolute Gasteiger partial charge is 0.396 e. The van der Waals surface area contributed by atoms with E-state index in [4.69, 9.17) is 5.11 Å². The summed E-state index contributed by atoms with van der Waals surface area (Å²) in [4.78, 5) is 16.0. The van der Waals surface area contributed by atoms with Gasteiger partial charge in [0.2, 0.25) is 0 Å². The van der Waals surface area contributed by atoms with E-state index in [1.807, 2.05) is 5.48 Å². The van der Waals surface area contributed by atoms with E-state index in [0.29, 0.717) is 6.42 Å². The Morgan fingerprint density at radius 1 is 1.38 bits per heavy atom. The summed E-state index contributed by atoms with van der Waals surface area (Å²) < 4.78 is 25.3. The minimum Gasteiger partial charge on any atom is -0.396 e. The van der Waals surface area contributed by atoms with Crippen molar-refractivity contribution < 1.29 is 23.5 Å². The van der Waals surface area contributed by atoms with Crippen LogP contribution < -0.4 is 5.48 Å². The first-order valence-corrected chi connectivity index (χ1v) is 4.63. The lowest BCUT2D eigenvalue weighted by molar-refractivity contribution is 0.0261. The summed E-state index contributed by atoms with van der Waals surface area (Å²) in [5.74, 6) is -2.78. The highest BCUT2D eigenvalue weighted by Gasteiger charge is 2.09. The van der Waals surface area contributed by atoms with Crippen LogP contribution >= 0.6 is 0 Å². The van der Waals surface area contributed by atoms with Crippen molar-refractivity contribution >= 4 is 5.91 Å². The van der Waals surface area contributed by atoms with Crippen molar-refractivity contribution in [3.63, 3.8) is 0 Å². The van der Waals surface area contributed by atoms with Crippen molar-refractivity contribution in [3.8, 4) is 0 Å². The number of nitrogens with one attached hydrogen (secondary N) is 1. The van der Waals surface area contributed by atoms with E-state index in [-0.39, 0.29) is 18.8 Å². The second kappa shape index (κ2) is 6.14. The van der Waals surface area contributed by atoms with E-state index < -0.39 is 17.5 Å². The first-order chi connectivity index (χ1) is 7.65. The molecule has 4 nitrogen and oxygen atoms in total. The van der Waals surface area contributed by atoms with Crippen LogP contribution in [-0.2, 0) is 4.84 Å². The maximum absolute atomic E-state index is 12.8. The minimum absolute atomic E-state index is 0.0390. The molecule has 0 aliphatic heterocycles. The van der Waals surface area contributed by atoms with Gasteiger partial charge in [0.1, 0.15) is 0 Å². The molecule has 0 heterocycles. The number of carbonyl (C=O) groups is 1. The topological polar surface area (TPSA) is 58.6 Å². The first-order valence-electron chi connectivity index (χ1n) is 4.63. The molecule has 2 N–H and O–H groups in total. The molecule has 0 bridgehead atoms. The molecule has 88 valence electrons. The summed E-state index contributed by atoms with van der Waals surface area (Å²) in [7, 11) is 0. The zero-order valence-corrected chi connectivity index (χ0v) is 8.37. The number of hydrogen-bond acceptors (Lipinski definition) is 3. The third-order valence-electron chi connectivity index (χ3n) is 1.75. The minimum atomic E-state index is -1.09. The van der Waals surface area contributed by atoms with Crippen molar-refractivity contribution in [2.45, 2.75) is 6.42 Å². The lowest BCUT2D eigenvalue weighted by Crippen LogP contribution is -2.24. The van der Waals surface area contributed by atoms with Gasteiger partial charge in [-0.05, 0) is 24.6 Å². The average Bonchev–Trinajstić information content (AvgIpc) is 2.28. The van der Waals surface area contributed by atoms with Gasteiger partial charge in [0.15, 0.2) is 11.6 Å². The predicted molar refractivity (Wildman–Crippen MR) is 51.5 cm³/mol. The van der Waals surface area contributed by atoms with E-state index in [1.165, 1.54) is 0 Å². The van der Waals surface area contributed by atoms with Crippen LogP contribution in [0.1, 0.15) is 16.8 Å². The number of halogens is 2. The van der Waals surface area contributed by atoms with Crippen molar-refractivity contribution in [3.05, 3.63) is 35.4 Å². The Balaban J connectivity index is 2.50. The highest BCUT2D eigenvalue weighted by molar-refractivity contribution is 5.93. The molecule has 6 heteroatoms. The number of carbonyl (C=O) groups excluding carboxylic acids is 1. The Kier molecular flexibility index (Phi) is 4.81. The number of aliphatic hydroxyl groups is 1. The van der Waals surface area contributed by atoms with Crippen LogP contribution in [-0.4, -0.2) is 24.2 Å². The van der Waals surface area contributed by atoms with Gasteiger partial charge in [-0.1, -0.05) is 0 Å². The van der Waals surface area contributed by atoms with Crippen molar-refractivity contribution in [1.29, 1.82) is 0 Å². The van der Waals surface area contributed by atoms with Crippen LogP contribution in [0.4, 0.5) is 8.78 Å². The van der Waals surface area contributed by atoms with Crippen LogP contribution in [0.3, 0.4) is 0 Å². The molecular weight excluding hydrogens is 220 g/mol. The van der Waals surface area contributed by atoms with Gasteiger partial charge in [-0.15, -0.1) is 0 Å². The number of hydrogen-bond donors (Lipinski definition) is 2. The molecule has 0 aliphatic rings. The smallest absolute Gasteiger partial charge is 0.274 e. The molecule has 0 aromatic heterocycles. The fourth-order valence-corrected chi connectivity index (χ4v) is 0.950. The quantitative estimate of drug-likeness (QED) is 0.587. The van der Waals surface area contributed by atoms with Gasteiger partial charge < -0.3 is 5.11 Å². The summed E-state index contributed by atoms with van der Waals surface area (Å²) in [6, 6.07) is 2.78. The summed E-state index contributed by atoms with van der Waals surface area (Å²) in [6.07, 6.45) is 0.373. The molecular formula is C10H11F2NO3. The van der Waals surface area contributed by atoms with Gasteiger partial charge in [-0.3, -0.25) is 9.63 Å². The van der Waals surface area contributed by atoms with Gasteiger partial charge in [-0.25, -0.2) is 14.3 Å². The molecule has 16 heavy (non-hydrogen) atoms. The van der Waals surface area contributed by atoms with Gasteiger partial charge >= 0.3 is 0 Å². The van der Waals surface area contributed by atoms with Crippen LogP contribution in [0.25, 0.3) is 0 Å². The predicted octanol–water partition coefficient (Wildman–Crippen LogP) is 1.01. The van der Waals surface area contributed by atoms with Gasteiger partial charge in [-0.2, -0.15) is 0 Å². The Labute approximate surface area is 90.8 Å². The molecule has 1 rings (SSSR count). The van der Waals surface area contributed by atoms with E-state index in [2.05, 4.69) is 4.84 Å². The van der Waals surface area contributed by atoms with Gasteiger partial charge in [0.05, 0.1) is 6.61 Å². The van der Waals surface area contributed by atoms with Gasteiger partial charge in [0.25, 0.3) is 5.91 Å². The average molecular weight is 231 g/mol. The van der Waals surface area contributed by atoms with Crippen LogP contribution in [0.15, 0.2) is 18.2 Å². The molecule has 0 saturated heterocycles. The fraction of sp³-hybridized carbons (Fsp3) is 0.300. The van der Waals surface area contributed by atoms with Crippen LogP contribution in [0.5, 0.6) is 0 Å². The molecule has 1 amide bonds. The number of rotatable bonds is 5. The normalized spacial score (nSPS) is 10.2. The molecule has 1 aromatic carbocycles. The molecule has 0 atom stereocenters. The lowest BCUT2D eigenvalue weighted by atomic mass is 10.2. The molecule has 0 spiro atoms. The highest BCUT2D eigenvalue weighted by Crippen LogP contribution is 2.08. The second-order valence-corrected chi connectivity index (χ2v) is 2.99. The maximum atomic E-state index is 12.8. The highest BCUT2D eigenvalue weighted by atomic mass is 19.2. The maximum Gasteiger partial charge on any atom is 0.274 e. The molecule has 0 fully saturated rings. The monoisotopic (exact) mass is 231 g/mol. The third kappa shape index (κ3) is 3.56. The number of aliphatic hydroxyl groups excluding tert-OH is 1. The zero-order chi connectivity index (χ0) is 12.0. The summed E-state index contributed by atoms with van der Waals surface area (Å²) in [5.41, 5.74) is 2.00. The van der Waals surface area contributed by atoms with Crippen LogP contribution in [0.2, 0.25) is 0 Å². The first kappa shape index (κ1) is 12.5. The Bertz CT molecular complexity index is 371. The van der Waals surface area contributed by atoms with Crippen LogP contribution in [0, 0.1) is 11.6 Å². The second-order valence-electron chi connectivity index (χ2n) is 2.99. The number of amides is 1. The summed E-state index contributed by atoms with van der Waals surface area (Å²) in [5, 5.41) is 8.43. The van der Waals surface area contributed by atoms with E-state index in [1.54, 1.807) is 0 Å². The van der Waals surface area contributed by atoms with Gasteiger partial charge in [0, 0.05) is 12.2 Å². The van der Waals surface area contributed by atoms with Crippen molar-refractivity contribution in [2.24, 2.45) is 0 Å².